The first-order chi connectivity index (χ1) is 12.7. The fraction of sp³-hybridized carbons (Fsp3) is 0.600. The molecule has 1 N–H and O–H groups in total. The molecular weight excluding hydrogens is 331 g/mol. The van der Waals surface area contributed by atoms with Gasteiger partial charge in [0, 0.05) is 25.6 Å². The number of likely N-dealkylation sites (tertiary alicyclic amines) is 1. The highest BCUT2D eigenvalue weighted by atomic mass is 19.1. The third-order valence-electron chi connectivity index (χ3n) is 5.43. The summed E-state index contributed by atoms with van der Waals surface area (Å²) in [6.07, 6.45) is 5.13. The first-order valence-electron chi connectivity index (χ1n) is 9.62. The molecule has 0 bridgehead atoms. The van der Waals surface area contributed by atoms with Gasteiger partial charge in [0.15, 0.2) is 0 Å². The standard InChI is InChI=1S/C20H27FN4O/c21-18-4-5-19(17(14-18)15-22)25-12-6-16(7-13-25)20(26)23-8-3-11-24-9-1-2-10-24/h4-5,14,16H,1-3,6-13H2,(H,23,26). The van der Waals surface area contributed by atoms with Gasteiger partial charge in [-0.1, -0.05) is 0 Å². The Kier molecular flexibility index (Phi) is 6.45. The van der Waals surface area contributed by atoms with E-state index in [1.807, 2.05) is 0 Å². The van der Waals surface area contributed by atoms with Gasteiger partial charge in [-0.05, 0) is 69.9 Å². The van der Waals surface area contributed by atoms with Gasteiger partial charge in [-0.3, -0.25) is 4.79 Å². The molecule has 0 saturated carbocycles. The Hall–Kier alpha value is -2.13. The zero-order valence-corrected chi connectivity index (χ0v) is 15.2. The lowest BCUT2D eigenvalue weighted by Gasteiger charge is -2.33. The molecule has 2 heterocycles. The van der Waals surface area contributed by atoms with Gasteiger partial charge in [0.2, 0.25) is 5.91 Å². The summed E-state index contributed by atoms with van der Waals surface area (Å²) in [5.41, 5.74) is 1.12. The van der Waals surface area contributed by atoms with E-state index < -0.39 is 5.82 Å². The number of amides is 1. The minimum Gasteiger partial charge on any atom is -0.370 e. The van der Waals surface area contributed by atoms with E-state index in [0.29, 0.717) is 18.7 Å². The number of benzene rings is 1. The molecule has 3 rings (SSSR count). The van der Waals surface area contributed by atoms with Crippen molar-refractivity contribution < 1.29 is 9.18 Å². The van der Waals surface area contributed by atoms with Crippen molar-refractivity contribution in [2.24, 2.45) is 5.92 Å². The summed E-state index contributed by atoms with van der Waals surface area (Å²) in [5, 5.41) is 12.3. The molecule has 1 aromatic rings. The van der Waals surface area contributed by atoms with Crippen LogP contribution in [0.5, 0.6) is 0 Å². The maximum atomic E-state index is 13.3. The molecule has 26 heavy (non-hydrogen) atoms. The van der Waals surface area contributed by atoms with Crippen molar-refractivity contribution in [1.82, 2.24) is 10.2 Å². The van der Waals surface area contributed by atoms with Gasteiger partial charge in [0.1, 0.15) is 11.9 Å². The predicted molar refractivity (Wildman–Crippen MR) is 99.4 cm³/mol. The first kappa shape index (κ1) is 18.7. The molecule has 0 aliphatic carbocycles. The summed E-state index contributed by atoms with van der Waals surface area (Å²) in [5.74, 6) is -0.219. The van der Waals surface area contributed by atoms with E-state index in [-0.39, 0.29) is 11.8 Å². The van der Waals surface area contributed by atoms with E-state index in [4.69, 9.17) is 0 Å². The molecule has 0 spiro atoms. The SMILES string of the molecule is N#Cc1cc(F)ccc1N1CCC(C(=O)NCCCN2CCCC2)CC1. The summed E-state index contributed by atoms with van der Waals surface area (Å²) < 4.78 is 13.3. The molecule has 0 radical (unpaired) electrons. The normalized spacial score (nSPS) is 18.7. The number of hydrogen-bond acceptors (Lipinski definition) is 4. The Morgan fingerprint density at radius 2 is 1.96 bits per heavy atom. The molecule has 2 saturated heterocycles. The average Bonchev–Trinajstić information content (AvgIpc) is 3.18. The lowest BCUT2D eigenvalue weighted by molar-refractivity contribution is -0.125. The van der Waals surface area contributed by atoms with Gasteiger partial charge < -0.3 is 15.1 Å². The van der Waals surface area contributed by atoms with E-state index in [1.165, 1.54) is 38.1 Å². The Balaban J connectivity index is 1.41. The second kappa shape index (κ2) is 9.00. The number of anilines is 1. The topological polar surface area (TPSA) is 59.4 Å². The van der Waals surface area contributed by atoms with E-state index >= 15 is 0 Å². The molecule has 0 unspecified atom stereocenters. The van der Waals surface area contributed by atoms with Crippen LogP contribution in [0.2, 0.25) is 0 Å². The summed E-state index contributed by atoms with van der Waals surface area (Å²) in [6.45, 7) is 5.63. The van der Waals surface area contributed by atoms with Gasteiger partial charge in [0.25, 0.3) is 0 Å². The number of nitrogens with zero attached hydrogens (tertiary/aromatic N) is 3. The number of piperidine rings is 1. The minimum absolute atomic E-state index is 0.0315. The fourth-order valence-electron chi connectivity index (χ4n) is 3.92. The number of nitriles is 1. The van der Waals surface area contributed by atoms with Gasteiger partial charge >= 0.3 is 0 Å². The van der Waals surface area contributed by atoms with Gasteiger partial charge in [0.05, 0.1) is 11.3 Å². The second-order valence-corrected chi connectivity index (χ2v) is 7.23. The highest BCUT2D eigenvalue weighted by molar-refractivity contribution is 5.79. The van der Waals surface area contributed by atoms with Crippen LogP contribution in [0.4, 0.5) is 10.1 Å². The molecule has 2 aliphatic rings. The largest absolute Gasteiger partial charge is 0.370 e. The van der Waals surface area contributed by atoms with Crippen LogP contribution in [0.3, 0.4) is 0 Å². The number of rotatable bonds is 6. The third kappa shape index (κ3) is 4.73. The summed E-state index contributed by atoms with van der Waals surface area (Å²) in [4.78, 5) is 16.9. The van der Waals surface area contributed by atoms with Crippen molar-refractivity contribution in [3.05, 3.63) is 29.6 Å². The van der Waals surface area contributed by atoms with Crippen molar-refractivity contribution in [1.29, 1.82) is 5.26 Å². The first-order valence-corrected chi connectivity index (χ1v) is 9.62. The van der Waals surface area contributed by atoms with Crippen LogP contribution >= 0.6 is 0 Å². The average molecular weight is 358 g/mol. The fourth-order valence-corrected chi connectivity index (χ4v) is 3.92. The van der Waals surface area contributed by atoms with Crippen molar-refractivity contribution in [2.45, 2.75) is 32.1 Å². The van der Waals surface area contributed by atoms with Crippen molar-refractivity contribution in [3.63, 3.8) is 0 Å². The van der Waals surface area contributed by atoms with Gasteiger partial charge in [-0.25, -0.2) is 4.39 Å². The second-order valence-electron chi connectivity index (χ2n) is 7.23. The lowest BCUT2D eigenvalue weighted by Crippen LogP contribution is -2.41. The molecule has 2 aliphatic heterocycles. The Bertz CT molecular complexity index is 658. The highest BCUT2D eigenvalue weighted by Gasteiger charge is 2.26. The number of carbonyl (C=O) groups is 1. The predicted octanol–water partition coefficient (Wildman–Crippen LogP) is 2.52. The van der Waals surface area contributed by atoms with E-state index in [9.17, 15) is 14.4 Å². The summed E-state index contributed by atoms with van der Waals surface area (Å²) in [7, 11) is 0. The summed E-state index contributed by atoms with van der Waals surface area (Å²) in [6, 6.07) is 6.38. The van der Waals surface area contributed by atoms with Crippen LogP contribution in [0.25, 0.3) is 0 Å². The van der Waals surface area contributed by atoms with E-state index in [0.717, 1.165) is 38.0 Å². The number of halogens is 1. The Labute approximate surface area is 154 Å². The molecular formula is C20H27FN4O. The highest BCUT2D eigenvalue weighted by Crippen LogP contribution is 2.26. The number of hydrogen-bond donors (Lipinski definition) is 1. The maximum Gasteiger partial charge on any atom is 0.223 e. The molecule has 1 amide bonds. The smallest absolute Gasteiger partial charge is 0.223 e. The van der Waals surface area contributed by atoms with Crippen LogP contribution in [0, 0.1) is 23.1 Å². The molecule has 0 atom stereocenters. The number of nitrogens with one attached hydrogen (secondary N) is 1. The molecule has 2 fully saturated rings. The van der Waals surface area contributed by atoms with Crippen molar-refractivity contribution >= 4 is 11.6 Å². The quantitative estimate of drug-likeness (QED) is 0.794. The minimum atomic E-state index is -0.395. The zero-order chi connectivity index (χ0) is 18.4. The van der Waals surface area contributed by atoms with Crippen LogP contribution in [0.15, 0.2) is 18.2 Å². The van der Waals surface area contributed by atoms with Gasteiger partial charge in [-0.15, -0.1) is 0 Å². The number of carbonyl (C=O) groups excluding carboxylic acids is 1. The summed E-state index contributed by atoms with van der Waals surface area (Å²) >= 11 is 0. The monoisotopic (exact) mass is 358 g/mol. The maximum absolute atomic E-state index is 13.3. The van der Waals surface area contributed by atoms with Crippen LogP contribution in [0.1, 0.15) is 37.7 Å². The van der Waals surface area contributed by atoms with Crippen molar-refractivity contribution in [3.8, 4) is 6.07 Å². The van der Waals surface area contributed by atoms with Gasteiger partial charge in [-0.2, -0.15) is 5.26 Å². The molecule has 1 aromatic carbocycles. The van der Waals surface area contributed by atoms with Crippen LogP contribution < -0.4 is 10.2 Å². The lowest BCUT2D eigenvalue weighted by atomic mass is 9.95. The third-order valence-corrected chi connectivity index (χ3v) is 5.43. The Morgan fingerprint density at radius 3 is 2.65 bits per heavy atom. The van der Waals surface area contributed by atoms with Crippen LogP contribution in [-0.4, -0.2) is 50.1 Å². The molecule has 140 valence electrons. The van der Waals surface area contributed by atoms with E-state index in [1.54, 1.807) is 6.07 Å². The molecule has 0 aromatic heterocycles. The molecule has 5 nitrogen and oxygen atoms in total. The zero-order valence-electron chi connectivity index (χ0n) is 15.2. The molecule has 6 heteroatoms. The van der Waals surface area contributed by atoms with Crippen molar-refractivity contribution in [2.75, 3.05) is 44.2 Å². The van der Waals surface area contributed by atoms with E-state index in [2.05, 4.69) is 21.2 Å². The van der Waals surface area contributed by atoms with Crippen LogP contribution in [-0.2, 0) is 4.79 Å². The Morgan fingerprint density at radius 1 is 1.23 bits per heavy atom.